The lowest BCUT2D eigenvalue weighted by Crippen LogP contribution is -2.09. The summed E-state index contributed by atoms with van der Waals surface area (Å²) in [5.74, 6) is 0.687. The third kappa shape index (κ3) is 2.84. The number of aromatic nitrogens is 2. The summed E-state index contributed by atoms with van der Waals surface area (Å²) in [4.78, 5) is 0. The van der Waals surface area contributed by atoms with Crippen LogP contribution in [0.25, 0.3) is 22.2 Å². The highest BCUT2D eigenvalue weighted by Gasteiger charge is 2.34. The summed E-state index contributed by atoms with van der Waals surface area (Å²) in [5, 5.41) is 4.96. The fourth-order valence-corrected chi connectivity index (χ4v) is 2.80. The van der Waals surface area contributed by atoms with E-state index in [2.05, 4.69) is 5.10 Å². The second kappa shape index (κ2) is 6.19. The lowest BCUT2D eigenvalue weighted by atomic mass is 10.0. The summed E-state index contributed by atoms with van der Waals surface area (Å²) in [5.41, 5.74) is 0.792. The van der Waals surface area contributed by atoms with E-state index in [1.54, 1.807) is 37.4 Å². The third-order valence-electron chi connectivity index (χ3n) is 3.87. The largest absolute Gasteiger partial charge is 0.497 e. The standard InChI is InChI=1S/C18H17F3N2O/c1-3-11-23-17-14(5-4-6-15(17)18(19,20)21)16(22-23)12-7-9-13(24-2)10-8-12/h4-10H,3,11H2,1-2H3. The third-order valence-corrected chi connectivity index (χ3v) is 3.87. The van der Waals surface area contributed by atoms with Crippen LogP contribution in [-0.2, 0) is 12.7 Å². The molecule has 0 bridgehead atoms. The zero-order chi connectivity index (χ0) is 17.3. The maximum absolute atomic E-state index is 13.4. The maximum atomic E-state index is 13.4. The zero-order valence-corrected chi connectivity index (χ0v) is 13.4. The van der Waals surface area contributed by atoms with Crippen molar-refractivity contribution >= 4 is 10.9 Å². The van der Waals surface area contributed by atoms with Crippen molar-refractivity contribution in [3.8, 4) is 17.0 Å². The molecular formula is C18H17F3N2O. The molecule has 0 saturated heterocycles. The van der Waals surface area contributed by atoms with Crippen LogP contribution in [0.4, 0.5) is 13.2 Å². The molecule has 3 rings (SSSR count). The molecule has 0 N–H and O–H groups in total. The Labute approximate surface area is 137 Å². The summed E-state index contributed by atoms with van der Waals surface area (Å²) in [6.07, 6.45) is -3.72. The van der Waals surface area contributed by atoms with Gasteiger partial charge in [0.15, 0.2) is 0 Å². The van der Waals surface area contributed by atoms with E-state index >= 15 is 0 Å². The normalized spacial score (nSPS) is 11.9. The molecule has 1 aromatic heterocycles. The fraction of sp³-hybridized carbons (Fsp3) is 0.278. The molecule has 3 aromatic rings. The molecule has 0 amide bonds. The Morgan fingerprint density at radius 1 is 1.08 bits per heavy atom. The predicted molar refractivity (Wildman–Crippen MR) is 87.0 cm³/mol. The van der Waals surface area contributed by atoms with Crippen LogP contribution >= 0.6 is 0 Å². The van der Waals surface area contributed by atoms with E-state index in [-0.39, 0.29) is 5.52 Å². The molecule has 0 unspecified atom stereocenters. The van der Waals surface area contributed by atoms with Crippen molar-refractivity contribution in [1.82, 2.24) is 9.78 Å². The van der Waals surface area contributed by atoms with Crippen LogP contribution in [0.15, 0.2) is 42.5 Å². The Kier molecular flexibility index (Phi) is 4.22. The van der Waals surface area contributed by atoms with E-state index in [1.807, 2.05) is 6.92 Å². The molecule has 2 aromatic carbocycles. The predicted octanol–water partition coefficient (Wildman–Crippen LogP) is 5.14. The monoisotopic (exact) mass is 334 g/mol. The molecule has 0 fully saturated rings. The van der Waals surface area contributed by atoms with Gasteiger partial charge in [0.25, 0.3) is 0 Å². The number of hydrogen-bond donors (Lipinski definition) is 0. The number of rotatable bonds is 4. The van der Waals surface area contributed by atoms with Gasteiger partial charge in [0.05, 0.1) is 18.2 Å². The maximum Gasteiger partial charge on any atom is 0.418 e. The molecule has 126 valence electrons. The number of para-hydroxylation sites is 1. The molecule has 3 nitrogen and oxygen atoms in total. The minimum absolute atomic E-state index is 0.137. The van der Waals surface area contributed by atoms with Crippen LogP contribution in [0.3, 0.4) is 0 Å². The molecule has 0 atom stereocenters. The second-order valence-electron chi connectivity index (χ2n) is 5.50. The van der Waals surface area contributed by atoms with Gasteiger partial charge in [0, 0.05) is 17.5 Å². The van der Waals surface area contributed by atoms with Crippen LogP contribution in [0.1, 0.15) is 18.9 Å². The highest BCUT2D eigenvalue weighted by molar-refractivity contribution is 5.95. The van der Waals surface area contributed by atoms with Crippen LogP contribution in [0.5, 0.6) is 5.75 Å². The minimum atomic E-state index is -4.41. The summed E-state index contributed by atoms with van der Waals surface area (Å²) >= 11 is 0. The van der Waals surface area contributed by atoms with Crippen LogP contribution in [-0.4, -0.2) is 16.9 Å². The first kappa shape index (κ1) is 16.4. The topological polar surface area (TPSA) is 27.1 Å². The molecule has 6 heteroatoms. The van der Waals surface area contributed by atoms with Crippen molar-refractivity contribution in [3.05, 3.63) is 48.0 Å². The number of halogens is 3. The SMILES string of the molecule is CCCn1nc(-c2ccc(OC)cc2)c2cccc(C(F)(F)F)c21. The van der Waals surface area contributed by atoms with E-state index in [0.29, 0.717) is 29.8 Å². The van der Waals surface area contributed by atoms with E-state index < -0.39 is 11.7 Å². The molecule has 0 saturated carbocycles. The lowest BCUT2D eigenvalue weighted by Gasteiger charge is -2.10. The van der Waals surface area contributed by atoms with E-state index in [9.17, 15) is 13.2 Å². The van der Waals surface area contributed by atoms with E-state index in [4.69, 9.17) is 4.74 Å². The minimum Gasteiger partial charge on any atom is -0.497 e. The van der Waals surface area contributed by atoms with Crippen molar-refractivity contribution in [1.29, 1.82) is 0 Å². The number of alkyl halides is 3. The highest BCUT2D eigenvalue weighted by atomic mass is 19.4. The Bertz CT molecular complexity index is 851. The fourth-order valence-electron chi connectivity index (χ4n) is 2.80. The van der Waals surface area contributed by atoms with Gasteiger partial charge in [-0.2, -0.15) is 18.3 Å². The summed E-state index contributed by atoms with van der Waals surface area (Å²) in [7, 11) is 1.57. The summed E-state index contributed by atoms with van der Waals surface area (Å²) < 4.78 is 46.8. The zero-order valence-electron chi connectivity index (χ0n) is 13.4. The molecule has 0 aliphatic carbocycles. The average molecular weight is 334 g/mol. The van der Waals surface area contributed by atoms with Gasteiger partial charge in [-0.1, -0.05) is 19.1 Å². The van der Waals surface area contributed by atoms with Gasteiger partial charge in [0.2, 0.25) is 0 Å². The number of benzene rings is 2. The van der Waals surface area contributed by atoms with Crippen LogP contribution < -0.4 is 4.74 Å². The first-order valence-electron chi connectivity index (χ1n) is 7.67. The van der Waals surface area contributed by atoms with Gasteiger partial charge >= 0.3 is 6.18 Å². The summed E-state index contributed by atoms with van der Waals surface area (Å²) in [6, 6.07) is 11.4. The second-order valence-corrected chi connectivity index (χ2v) is 5.50. The Hall–Kier alpha value is -2.50. The Morgan fingerprint density at radius 3 is 2.38 bits per heavy atom. The average Bonchev–Trinajstić information content (AvgIpc) is 2.93. The van der Waals surface area contributed by atoms with Gasteiger partial charge in [-0.05, 0) is 36.8 Å². The lowest BCUT2D eigenvalue weighted by molar-refractivity contribution is -0.136. The molecule has 0 aliphatic rings. The van der Waals surface area contributed by atoms with Gasteiger partial charge in [-0.3, -0.25) is 4.68 Å². The first-order valence-corrected chi connectivity index (χ1v) is 7.67. The smallest absolute Gasteiger partial charge is 0.418 e. The van der Waals surface area contributed by atoms with Gasteiger partial charge in [-0.15, -0.1) is 0 Å². The molecule has 0 spiro atoms. The summed E-state index contributed by atoms with van der Waals surface area (Å²) in [6.45, 7) is 2.34. The Morgan fingerprint density at radius 2 is 1.79 bits per heavy atom. The number of hydrogen-bond acceptors (Lipinski definition) is 2. The van der Waals surface area contributed by atoms with Crippen molar-refractivity contribution in [3.63, 3.8) is 0 Å². The molecular weight excluding hydrogens is 317 g/mol. The van der Waals surface area contributed by atoms with Gasteiger partial charge in [-0.25, -0.2) is 0 Å². The van der Waals surface area contributed by atoms with Crippen molar-refractivity contribution in [2.45, 2.75) is 26.1 Å². The number of nitrogens with zero attached hydrogens (tertiary/aromatic N) is 2. The van der Waals surface area contributed by atoms with Crippen molar-refractivity contribution < 1.29 is 17.9 Å². The molecule has 1 heterocycles. The molecule has 24 heavy (non-hydrogen) atoms. The van der Waals surface area contributed by atoms with Crippen LogP contribution in [0, 0.1) is 0 Å². The van der Waals surface area contributed by atoms with Crippen molar-refractivity contribution in [2.24, 2.45) is 0 Å². The quantitative estimate of drug-likeness (QED) is 0.660. The van der Waals surface area contributed by atoms with Crippen molar-refractivity contribution in [2.75, 3.05) is 7.11 Å². The molecule has 0 radical (unpaired) electrons. The number of ether oxygens (including phenoxy) is 1. The molecule has 0 aliphatic heterocycles. The van der Waals surface area contributed by atoms with Gasteiger partial charge in [0.1, 0.15) is 11.4 Å². The van der Waals surface area contributed by atoms with E-state index in [0.717, 1.165) is 11.6 Å². The van der Waals surface area contributed by atoms with Crippen LogP contribution in [0.2, 0.25) is 0 Å². The number of fused-ring (bicyclic) bond motifs is 1. The number of aryl methyl sites for hydroxylation is 1. The van der Waals surface area contributed by atoms with E-state index in [1.165, 1.54) is 10.7 Å². The first-order chi connectivity index (χ1) is 11.5. The number of methoxy groups -OCH3 is 1. The Balaban J connectivity index is 2.25. The highest BCUT2D eigenvalue weighted by Crippen LogP contribution is 2.38. The van der Waals surface area contributed by atoms with Gasteiger partial charge < -0.3 is 4.74 Å².